The normalized spacial score (nSPS) is 47.7. The fourth-order valence-corrected chi connectivity index (χ4v) is 2.46. The largest absolute Gasteiger partial charge is 0.548 e. The molecule has 2 N–H and O–H groups in total. The van der Waals surface area contributed by atoms with Gasteiger partial charge in [0.2, 0.25) is 0 Å². The van der Waals surface area contributed by atoms with Gasteiger partial charge in [-0.1, -0.05) is 0 Å². The van der Waals surface area contributed by atoms with Gasteiger partial charge in [0.05, 0.1) is 12.2 Å². The SMILES string of the molecule is O=P1(O)OC2[CH-]OCC(O)C[C@H]2O1.[U]. The van der Waals surface area contributed by atoms with E-state index in [-0.39, 0.29) is 44.1 Å². The first-order chi connectivity index (χ1) is 6.07. The maximum Gasteiger partial charge on any atom is 0.470 e. The van der Waals surface area contributed by atoms with Crippen molar-refractivity contribution in [2.24, 2.45) is 0 Å². The maximum atomic E-state index is 11.0. The zero-order chi connectivity index (χ0) is 9.47. The summed E-state index contributed by atoms with van der Waals surface area (Å²) in [5.74, 6) is 0. The van der Waals surface area contributed by atoms with E-state index in [0.717, 1.165) is 0 Å². The molecule has 80 valence electrons. The molecule has 8 heteroatoms. The van der Waals surface area contributed by atoms with E-state index >= 15 is 0 Å². The smallest absolute Gasteiger partial charge is 0.470 e. The molecule has 0 aliphatic carbocycles. The van der Waals surface area contributed by atoms with Crippen LogP contribution in [0.4, 0.5) is 0 Å². The molecule has 0 aromatic heterocycles. The van der Waals surface area contributed by atoms with Crippen LogP contribution in [0.25, 0.3) is 0 Å². The predicted octanol–water partition coefficient (Wildman–Crippen LogP) is -0.186. The van der Waals surface area contributed by atoms with Crippen LogP contribution in [0.2, 0.25) is 0 Å². The van der Waals surface area contributed by atoms with Gasteiger partial charge in [-0.05, 0) is 6.10 Å². The molecule has 0 aromatic rings. The summed E-state index contributed by atoms with van der Waals surface area (Å²) < 4.78 is 25.3. The van der Waals surface area contributed by atoms with Gasteiger partial charge in [-0.3, -0.25) is 4.52 Å². The third kappa shape index (κ3) is 3.04. The Morgan fingerprint density at radius 1 is 1.43 bits per heavy atom. The van der Waals surface area contributed by atoms with Crippen LogP contribution in [0.15, 0.2) is 0 Å². The van der Waals surface area contributed by atoms with Crippen LogP contribution < -0.4 is 0 Å². The summed E-state index contributed by atoms with van der Waals surface area (Å²) in [7, 11) is -3.92. The molecular formula is C6H10O6PU-. The summed E-state index contributed by atoms with van der Waals surface area (Å²) >= 11 is 0. The second kappa shape index (κ2) is 4.94. The van der Waals surface area contributed by atoms with Gasteiger partial charge in [-0.25, -0.2) is 4.57 Å². The molecule has 0 amide bonds. The van der Waals surface area contributed by atoms with Crippen molar-refractivity contribution in [1.82, 2.24) is 0 Å². The molecule has 14 heavy (non-hydrogen) atoms. The number of rotatable bonds is 0. The van der Waals surface area contributed by atoms with Crippen LogP contribution in [0.3, 0.4) is 0 Å². The molecule has 2 aliphatic heterocycles. The van der Waals surface area contributed by atoms with Gasteiger partial charge in [-0.15, -0.1) is 0 Å². The molecule has 0 bridgehead atoms. The number of hydrogen-bond acceptors (Lipinski definition) is 5. The molecule has 2 fully saturated rings. The fourth-order valence-electron chi connectivity index (χ4n) is 1.36. The van der Waals surface area contributed by atoms with E-state index in [9.17, 15) is 9.67 Å². The summed E-state index contributed by atoms with van der Waals surface area (Å²) in [5.41, 5.74) is 0. The van der Waals surface area contributed by atoms with Gasteiger partial charge < -0.3 is 19.3 Å². The number of phosphoric ester groups is 1. The Hall–Kier alpha value is 1.08. The first-order valence-electron chi connectivity index (χ1n) is 3.89. The Bertz CT molecular complexity index is 248. The summed E-state index contributed by atoms with van der Waals surface area (Å²) in [6, 6.07) is 0. The topological polar surface area (TPSA) is 85.2 Å². The van der Waals surface area contributed by atoms with E-state index in [2.05, 4.69) is 4.52 Å². The van der Waals surface area contributed by atoms with Crippen molar-refractivity contribution < 1.29 is 59.5 Å². The average Bonchev–Trinajstić information content (AvgIpc) is 2.15. The van der Waals surface area contributed by atoms with Crippen molar-refractivity contribution in [2.75, 3.05) is 6.61 Å². The quantitative estimate of drug-likeness (QED) is 0.396. The summed E-state index contributed by atoms with van der Waals surface area (Å²) in [6.07, 6.45) is -1.69. The molecule has 6 nitrogen and oxygen atoms in total. The van der Waals surface area contributed by atoms with Crippen LogP contribution >= 0.6 is 7.82 Å². The third-order valence-electron chi connectivity index (χ3n) is 1.91. The average molecular weight is 447 g/mol. The minimum absolute atomic E-state index is 0. The van der Waals surface area contributed by atoms with Gasteiger partial charge in [0, 0.05) is 44.1 Å². The van der Waals surface area contributed by atoms with Crippen molar-refractivity contribution in [2.45, 2.75) is 24.7 Å². The first-order valence-corrected chi connectivity index (χ1v) is 5.39. The second-order valence-corrected chi connectivity index (χ2v) is 4.40. The summed E-state index contributed by atoms with van der Waals surface area (Å²) in [5, 5.41) is 9.25. The minimum Gasteiger partial charge on any atom is -0.548 e. The zero-order valence-electron chi connectivity index (χ0n) is 7.20. The predicted molar refractivity (Wildman–Crippen MR) is 40.4 cm³/mol. The van der Waals surface area contributed by atoms with E-state index < -0.39 is 26.1 Å². The van der Waals surface area contributed by atoms with Crippen molar-refractivity contribution in [3.8, 4) is 0 Å². The van der Waals surface area contributed by atoms with E-state index in [1.807, 2.05) is 0 Å². The minimum atomic E-state index is -3.92. The van der Waals surface area contributed by atoms with E-state index in [1.54, 1.807) is 0 Å². The number of aliphatic hydroxyl groups is 1. The van der Waals surface area contributed by atoms with Crippen LogP contribution in [0.5, 0.6) is 0 Å². The Kier molecular flexibility index (Phi) is 4.64. The molecule has 2 saturated heterocycles. The van der Waals surface area contributed by atoms with E-state index in [1.165, 1.54) is 6.61 Å². The van der Waals surface area contributed by atoms with Crippen molar-refractivity contribution in [1.29, 1.82) is 0 Å². The molecular weight excluding hydrogens is 437 g/mol. The van der Waals surface area contributed by atoms with Gasteiger partial charge in [-0.2, -0.15) is 6.61 Å². The summed E-state index contributed by atoms with van der Waals surface area (Å²) in [6.45, 7) is 1.45. The van der Waals surface area contributed by atoms with Crippen LogP contribution in [0.1, 0.15) is 6.42 Å². The molecule has 0 saturated carbocycles. The standard InChI is InChI=1S/C6H10O6P.U/c7-4-1-5-6(3-10-2-4)12-13(8,9)11-5;/h3-7H,1-2H2,(H,8,9);/q-1;/t4?,5-,6?;/m1./s1. The molecule has 4 atom stereocenters. The van der Waals surface area contributed by atoms with Gasteiger partial charge >= 0.3 is 7.82 Å². The first kappa shape index (κ1) is 13.1. The second-order valence-electron chi connectivity index (χ2n) is 3.04. The Labute approximate surface area is 105 Å². The number of hydrogen-bond donors (Lipinski definition) is 2. The molecule has 2 rings (SSSR count). The van der Waals surface area contributed by atoms with Gasteiger partial charge in [0.15, 0.2) is 0 Å². The van der Waals surface area contributed by atoms with Crippen molar-refractivity contribution >= 4 is 7.82 Å². The monoisotopic (exact) mass is 447 g/mol. The molecule has 0 aromatic carbocycles. The molecule has 2 aliphatic rings. The van der Waals surface area contributed by atoms with Crippen LogP contribution in [-0.2, 0) is 18.3 Å². The number of fused-ring (bicyclic) bond motifs is 1. The Morgan fingerprint density at radius 2 is 2.14 bits per heavy atom. The van der Waals surface area contributed by atoms with Gasteiger partial charge in [0.1, 0.15) is 0 Å². The Morgan fingerprint density at radius 3 is 2.86 bits per heavy atom. The molecule has 0 radical (unpaired) electrons. The molecule has 3 unspecified atom stereocenters. The molecule has 2 heterocycles. The van der Waals surface area contributed by atoms with Crippen molar-refractivity contribution in [3.05, 3.63) is 6.61 Å². The van der Waals surface area contributed by atoms with Crippen LogP contribution in [-0.4, -0.2) is 34.9 Å². The number of phosphoric acid groups is 1. The van der Waals surface area contributed by atoms with Gasteiger partial charge in [0.25, 0.3) is 0 Å². The maximum absolute atomic E-state index is 11.0. The Balaban J connectivity index is 0.000000980. The third-order valence-corrected chi connectivity index (χ3v) is 2.96. The van der Waals surface area contributed by atoms with E-state index in [4.69, 9.17) is 14.2 Å². The van der Waals surface area contributed by atoms with E-state index in [0.29, 0.717) is 0 Å². The number of ether oxygens (including phenoxy) is 1. The van der Waals surface area contributed by atoms with Crippen LogP contribution in [0, 0.1) is 37.7 Å². The fraction of sp³-hybridized carbons (Fsp3) is 0.833. The number of aliphatic hydroxyl groups excluding tert-OH is 1. The zero-order valence-corrected chi connectivity index (χ0v) is 12.3. The summed E-state index contributed by atoms with van der Waals surface area (Å²) in [4.78, 5) is 8.96. The molecule has 0 spiro atoms. The van der Waals surface area contributed by atoms with Crippen molar-refractivity contribution in [3.63, 3.8) is 0 Å².